The number of hydrogen-bond acceptors (Lipinski definition) is 5. The van der Waals surface area contributed by atoms with Gasteiger partial charge in [-0.25, -0.2) is 8.42 Å². The average Bonchev–Trinajstić information content (AvgIpc) is 2.77. The second-order valence-corrected chi connectivity index (χ2v) is 9.27. The summed E-state index contributed by atoms with van der Waals surface area (Å²) in [6.07, 6.45) is 1.16. The van der Waals surface area contributed by atoms with E-state index in [0.29, 0.717) is 27.9 Å². The molecule has 0 aliphatic carbocycles. The standard InChI is InChI=1S/C23H23ClN2O5S/c1-30-22-13-8-18(24)14-21(22)25-23(27)16-31-20-11-9-19(10-12-20)26(32(2,28)29)15-17-6-4-3-5-7-17/h3-14H,15-16H2,1-2H3,(H,25,27). The molecule has 0 radical (unpaired) electrons. The minimum Gasteiger partial charge on any atom is -0.495 e. The maximum absolute atomic E-state index is 12.3. The third-order valence-electron chi connectivity index (χ3n) is 4.50. The first-order valence-electron chi connectivity index (χ1n) is 9.64. The Morgan fingerprint density at radius 3 is 2.34 bits per heavy atom. The van der Waals surface area contributed by atoms with Crippen LogP contribution in [0.2, 0.25) is 5.02 Å². The molecule has 0 aromatic heterocycles. The van der Waals surface area contributed by atoms with Gasteiger partial charge in [0.05, 0.1) is 31.3 Å². The fourth-order valence-electron chi connectivity index (χ4n) is 2.97. The largest absolute Gasteiger partial charge is 0.495 e. The van der Waals surface area contributed by atoms with Crippen LogP contribution >= 0.6 is 11.6 Å². The zero-order valence-corrected chi connectivity index (χ0v) is 19.2. The van der Waals surface area contributed by atoms with E-state index in [2.05, 4.69) is 5.32 Å². The molecule has 1 amide bonds. The predicted molar refractivity (Wildman–Crippen MR) is 126 cm³/mol. The topological polar surface area (TPSA) is 84.9 Å². The van der Waals surface area contributed by atoms with Crippen molar-refractivity contribution in [2.24, 2.45) is 0 Å². The number of carbonyl (C=O) groups excluding carboxylic acids is 1. The van der Waals surface area contributed by atoms with Crippen molar-refractivity contribution < 1.29 is 22.7 Å². The van der Waals surface area contributed by atoms with Gasteiger partial charge in [0, 0.05) is 5.02 Å². The van der Waals surface area contributed by atoms with Crippen molar-refractivity contribution in [3.05, 3.63) is 83.4 Å². The molecule has 0 saturated heterocycles. The molecule has 3 aromatic carbocycles. The van der Waals surface area contributed by atoms with Crippen LogP contribution in [0.3, 0.4) is 0 Å². The molecule has 0 bridgehead atoms. The molecule has 0 heterocycles. The lowest BCUT2D eigenvalue weighted by molar-refractivity contribution is -0.118. The van der Waals surface area contributed by atoms with E-state index >= 15 is 0 Å². The first-order valence-corrected chi connectivity index (χ1v) is 11.9. The fourth-order valence-corrected chi connectivity index (χ4v) is 4.03. The minimum absolute atomic E-state index is 0.212. The summed E-state index contributed by atoms with van der Waals surface area (Å²) in [5.41, 5.74) is 1.80. The molecule has 7 nitrogen and oxygen atoms in total. The van der Waals surface area contributed by atoms with Crippen LogP contribution in [0.15, 0.2) is 72.8 Å². The van der Waals surface area contributed by atoms with Crippen molar-refractivity contribution in [3.63, 3.8) is 0 Å². The normalized spacial score (nSPS) is 11.0. The fraction of sp³-hybridized carbons (Fsp3) is 0.174. The Labute approximate surface area is 192 Å². The Hall–Kier alpha value is -3.23. The molecule has 0 spiro atoms. The number of rotatable bonds is 9. The molecule has 0 fully saturated rings. The van der Waals surface area contributed by atoms with Gasteiger partial charge < -0.3 is 14.8 Å². The minimum atomic E-state index is -3.49. The average molecular weight is 475 g/mol. The smallest absolute Gasteiger partial charge is 0.262 e. The Balaban J connectivity index is 1.64. The Kier molecular flexibility index (Phi) is 7.61. The van der Waals surface area contributed by atoms with E-state index < -0.39 is 15.9 Å². The van der Waals surface area contributed by atoms with Crippen LogP contribution in [-0.4, -0.2) is 34.3 Å². The summed E-state index contributed by atoms with van der Waals surface area (Å²) >= 11 is 5.97. The van der Waals surface area contributed by atoms with Gasteiger partial charge in [-0.1, -0.05) is 41.9 Å². The summed E-state index contributed by atoms with van der Waals surface area (Å²) in [6, 6.07) is 20.7. The Bertz CT molecular complexity index is 1170. The van der Waals surface area contributed by atoms with Crippen LogP contribution in [-0.2, 0) is 21.4 Å². The number of amides is 1. The van der Waals surface area contributed by atoms with Crippen LogP contribution in [0.4, 0.5) is 11.4 Å². The number of anilines is 2. The van der Waals surface area contributed by atoms with E-state index in [0.717, 1.165) is 11.8 Å². The predicted octanol–water partition coefficient (Wildman–Crippen LogP) is 4.33. The summed E-state index contributed by atoms with van der Waals surface area (Å²) in [5.74, 6) is 0.512. The quantitative estimate of drug-likeness (QED) is 0.499. The molecule has 0 unspecified atom stereocenters. The van der Waals surface area contributed by atoms with Gasteiger partial charge >= 0.3 is 0 Å². The summed E-state index contributed by atoms with van der Waals surface area (Å²) in [7, 11) is -2.00. The van der Waals surface area contributed by atoms with Gasteiger partial charge in [0.2, 0.25) is 10.0 Å². The molecule has 3 aromatic rings. The summed E-state index contributed by atoms with van der Waals surface area (Å²) < 4.78 is 36.7. The molecule has 168 valence electrons. The van der Waals surface area contributed by atoms with Gasteiger partial charge in [-0.3, -0.25) is 9.10 Å². The van der Waals surface area contributed by atoms with Crippen LogP contribution in [0.5, 0.6) is 11.5 Å². The van der Waals surface area contributed by atoms with Crippen molar-refractivity contribution in [1.82, 2.24) is 0 Å². The summed E-state index contributed by atoms with van der Waals surface area (Å²) in [4.78, 5) is 12.3. The van der Waals surface area contributed by atoms with Crippen molar-refractivity contribution in [2.45, 2.75) is 6.54 Å². The van der Waals surface area contributed by atoms with E-state index in [-0.39, 0.29) is 13.2 Å². The van der Waals surface area contributed by atoms with Gasteiger partial charge in [-0.05, 0) is 48.0 Å². The van der Waals surface area contributed by atoms with Crippen molar-refractivity contribution >= 4 is 38.9 Å². The molecular formula is C23H23ClN2O5S. The van der Waals surface area contributed by atoms with Crippen LogP contribution in [0.1, 0.15) is 5.56 Å². The third kappa shape index (κ3) is 6.38. The number of nitrogens with zero attached hydrogens (tertiary/aromatic N) is 1. The maximum atomic E-state index is 12.3. The second kappa shape index (κ2) is 10.4. The highest BCUT2D eigenvalue weighted by atomic mass is 35.5. The number of methoxy groups -OCH3 is 1. The van der Waals surface area contributed by atoms with Gasteiger partial charge in [0.25, 0.3) is 5.91 Å². The first kappa shape index (κ1) is 23.4. The highest BCUT2D eigenvalue weighted by Gasteiger charge is 2.18. The Morgan fingerprint density at radius 1 is 1.03 bits per heavy atom. The molecule has 9 heteroatoms. The van der Waals surface area contributed by atoms with E-state index in [1.165, 1.54) is 11.4 Å². The first-order chi connectivity index (χ1) is 15.3. The lowest BCUT2D eigenvalue weighted by Crippen LogP contribution is -2.29. The van der Waals surface area contributed by atoms with Gasteiger partial charge in [-0.2, -0.15) is 0 Å². The van der Waals surface area contributed by atoms with Crippen molar-refractivity contribution in [1.29, 1.82) is 0 Å². The van der Waals surface area contributed by atoms with E-state index in [9.17, 15) is 13.2 Å². The highest BCUT2D eigenvalue weighted by molar-refractivity contribution is 7.92. The van der Waals surface area contributed by atoms with Gasteiger partial charge in [-0.15, -0.1) is 0 Å². The molecule has 32 heavy (non-hydrogen) atoms. The number of benzene rings is 3. The molecule has 0 aliphatic heterocycles. The number of sulfonamides is 1. The molecule has 3 rings (SSSR count). The van der Waals surface area contributed by atoms with Crippen LogP contribution in [0.25, 0.3) is 0 Å². The van der Waals surface area contributed by atoms with Crippen LogP contribution in [0, 0.1) is 0 Å². The molecular weight excluding hydrogens is 452 g/mol. The number of ether oxygens (including phenoxy) is 2. The molecule has 1 N–H and O–H groups in total. The van der Waals surface area contributed by atoms with Crippen molar-refractivity contribution in [3.8, 4) is 11.5 Å². The highest BCUT2D eigenvalue weighted by Crippen LogP contribution is 2.28. The van der Waals surface area contributed by atoms with E-state index in [1.807, 2.05) is 30.3 Å². The van der Waals surface area contributed by atoms with Crippen LogP contribution < -0.4 is 19.1 Å². The summed E-state index contributed by atoms with van der Waals surface area (Å²) in [5, 5.41) is 3.15. The number of nitrogens with one attached hydrogen (secondary N) is 1. The number of halogens is 1. The van der Waals surface area contributed by atoms with Gasteiger partial charge in [0.1, 0.15) is 11.5 Å². The third-order valence-corrected chi connectivity index (χ3v) is 5.88. The molecule has 0 aliphatic rings. The zero-order chi connectivity index (χ0) is 23.1. The Morgan fingerprint density at radius 2 is 1.72 bits per heavy atom. The molecule has 0 atom stereocenters. The maximum Gasteiger partial charge on any atom is 0.262 e. The van der Waals surface area contributed by atoms with Crippen molar-refractivity contribution in [2.75, 3.05) is 29.6 Å². The monoisotopic (exact) mass is 474 g/mol. The summed E-state index contributed by atoms with van der Waals surface area (Å²) in [6.45, 7) is -0.0292. The SMILES string of the molecule is COc1ccc(Cl)cc1NC(=O)COc1ccc(N(Cc2ccccc2)S(C)(=O)=O)cc1. The second-order valence-electron chi connectivity index (χ2n) is 6.93. The zero-order valence-electron chi connectivity index (χ0n) is 17.6. The van der Waals surface area contributed by atoms with E-state index in [1.54, 1.807) is 42.5 Å². The van der Waals surface area contributed by atoms with Gasteiger partial charge in [0.15, 0.2) is 6.61 Å². The number of hydrogen-bond donors (Lipinski definition) is 1. The molecule has 0 saturated carbocycles. The lowest BCUT2D eigenvalue weighted by atomic mass is 10.2. The lowest BCUT2D eigenvalue weighted by Gasteiger charge is -2.22. The number of carbonyl (C=O) groups is 1. The van der Waals surface area contributed by atoms with E-state index in [4.69, 9.17) is 21.1 Å².